The lowest BCUT2D eigenvalue weighted by Crippen LogP contribution is -2.51. The molecule has 5 unspecified atom stereocenters. The van der Waals surface area contributed by atoms with E-state index in [1.807, 2.05) is 6.92 Å². The number of hydrogen-bond acceptors (Lipinski definition) is 2. The van der Waals surface area contributed by atoms with Gasteiger partial charge in [-0.05, 0) is 37.5 Å². The molecule has 1 saturated heterocycles. The predicted molar refractivity (Wildman–Crippen MR) is 78.8 cm³/mol. The second-order valence-electron chi connectivity index (χ2n) is 6.12. The van der Waals surface area contributed by atoms with E-state index in [0.717, 1.165) is 0 Å². The van der Waals surface area contributed by atoms with Gasteiger partial charge in [0.2, 0.25) is 0 Å². The van der Waals surface area contributed by atoms with E-state index in [0.29, 0.717) is 19.3 Å². The van der Waals surface area contributed by atoms with E-state index >= 15 is 0 Å². The Balaban J connectivity index is 2.87. The monoisotopic (exact) mass is 307 g/mol. The zero-order valence-electron chi connectivity index (χ0n) is 13.2. The normalized spacial score (nSPS) is 33.5. The van der Waals surface area contributed by atoms with Gasteiger partial charge in [0.05, 0.1) is 18.1 Å². The third-order valence-electron chi connectivity index (χ3n) is 4.82. The molecule has 21 heavy (non-hydrogen) atoms. The van der Waals surface area contributed by atoms with Crippen molar-refractivity contribution >= 4 is 0 Å². The lowest BCUT2D eigenvalue weighted by molar-refractivity contribution is -0.205. The predicted octanol–water partition coefficient (Wildman–Crippen LogP) is 4.30. The largest absolute Gasteiger partial charge is 0.392 e. The number of nitrogens with two attached hydrogens (primary N) is 1. The first-order valence-electron chi connectivity index (χ1n) is 7.84. The van der Waals surface area contributed by atoms with E-state index in [9.17, 15) is 13.2 Å². The lowest BCUT2D eigenvalue weighted by atomic mass is 9.72. The minimum Gasteiger partial charge on any atom is -0.373 e. The van der Waals surface area contributed by atoms with E-state index in [4.69, 9.17) is 10.5 Å². The maximum atomic E-state index is 13.2. The average Bonchev–Trinajstić information content (AvgIpc) is 2.39. The summed E-state index contributed by atoms with van der Waals surface area (Å²) in [6.07, 6.45) is -0.629. The molecule has 1 fully saturated rings. The summed E-state index contributed by atoms with van der Waals surface area (Å²) >= 11 is 0. The minimum absolute atomic E-state index is 0.100. The van der Waals surface area contributed by atoms with Gasteiger partial charge in [-0.1, -0.05) is 26.8 Å². The average molecular weight is 307 g/mol. The maximum absolute atomic E-state index is 13.2. The summed E-state index contributed by atoms with van der Waals surface area (Å²) in [7, 11) is 0. The highest BCUT2D eigenvalue weighted by Gasteiger charge is 2.47. The molecule has 0 amide bonds. The number of alkyl halides is 3. The first-order valence-corrected chi connectivity index (χ1v) is 7.84. The molecule has 0 bridgehead atoms. The van der Waals surface area contributed by atoms with Crippen molar-refractivity contribution in [3.63, 3.8) is 0 Å². The number of ether oxygens (including phenoxy) is 1. The molecule has 1 aliphatic rings. The van der Waals surface area contributed by atoms with Crippen molar-refractivity contribution < 1.29 is 17.9 Å². The molecule has 124 valence electrons. The standard InChI is InChI=1S/C16H28F3NO/c1-5-8-15-13(20)9-11(14(7-3)21-15)10(4)12(6-2)16(17,18)19/h5,10-15H,1,6-9,20H2,2-4H3/t10?,11?,12?,13-,14?,15?/m1/s1. The molecular formula is C16H28F3NO. The third kappa shape index (κ3) is 4.46. The summed E-state index contributed by atoms with van der Waals surface area (Å²) in [6.45, 7) is 8.93. The Bertz CT molecular complexity index is 332. The Morgan fingerprint density at radius 2 is 1.95 bits per heavy atom. The highest BCUT2D eigenvalue weighted by molar-refractivity contribution is 4.93. The first-order chi connectivity index (χ1) is 9.76. The molecule has 0 radical (unpaired) electrons. The van der Waals surface area contributed by atoms with Gasteiger partial charge in [-0.3, -0.25) is 0 Å². The topological polar surface area (TPSA) is 35.2 Å². The molecule has 6 atom stereocenters. The highest BCUT2D eigenvalue weighted by Crippen LogP contribution is 2.43. The molecular weight excluding hydrogens is 279 g/mol. The molecule has 0 aromatic heterocycles. The van der Waals surface area contributed by atoms with Crippen molar-refractivity contribution in [3.8, 4) is 0 Å². The van der Waals surface area contributed by atoms with Gasteiger partial charge in [0, 0.05) is 6.04 Å². The fraction of sp³-hybridized carbons (Fsp3) is 0.875. The molecule has 0 aromatic rings. The van der Waals surface area contributed by atoms with Crippen molar-refractivity contribution in [3.05, 3.63) is 12.7 Å². The first kappa shape index (κ1) is 18.5. The summed E-state index contributed by atoms with van der Waals surface area (Å²) < 4.78 is 45.5. The van der Waals surface area contributed by atoms with Crippen LogP contribution in [0.3, 0.4) is 0 Å². The van der Waals surface area contributed by atoms with Crippen LogP contribution < -0.4 is 5.73 Å². The van der Waals surface area contributed by atoms with Gasteiger partial charge in [-0.2, -0.15) is 13.2 Å². The Morgan fingerprint density at radius 1 is 1.33 bits per heavy atom. The zero-order chi connectivity index (χ0) is 16.2. The molecule has 2 N–H and O–H groups in total. The van der Waals surface area contributed by atoms with Crippen LogP contribution in [0.1, 0.15) is 46.5 Å². The molecule has 1 aliphatic heterocycles. The van der Waals surface area contributed by atoms with E-state index in [-0.39, 0.29) is 30.6 Å². The van der Waals surface area contributed by atoms with Crippen LogP contribution in [0, 0.1) is 17.8 Å². The van der Waals surface area contributed by atoms with Crippen molar-refractivity contribution in [1.82, 2.24) is 0 Å². The van der Waals surface area contributed by atoms with Crippen LogP contribution in [0.15, 0.2) is 12.7 Å². The van der Waals surface area contributed by atoms with Crippen LogP contribution in [0.25, 0.3) is 0 Å². The Morgan fingerprint density at radius 3 is 2.38 bits per heavy atom. The second kappa shape index (κ2) is 7.63. The third-order valence-corrected chi connectivity index (χ3v) is 4.82. The molecule has 0 saturated carbocycles. The lowest BCUT2D eigenvalue weighted by Gasteiger charge is -2.44. The van der Waals surface area contributed by atoms with E-state index < -0.39 is 18.0 Å². The highest BCUT2D eigenvalue weighted by atomic mass is 19.4. The van der Waals surface area contributed by atoms with Crippen LogP contribution >= 0.6 is 0 Å². The molecule has 0 aromatic carbocycles. The van der Waals surface area contributed by atoms with Gasteiger partial charge in [-0.15, -0.1) is 6.58 Å². The molecule has 1 rings (SSSR count). The zero-order valence-corrected chi connectivity index (χ0v) is 13.2. The summed E-state index contributed by atoms with van der Waals surface area (Å²) in [5.41, 5.74) is 6.11. The second-order valence-corrected chi connectivity index (χ2v) is 6.12. The smallest absolute Gasteiger partial charge is 0.373 e. The Labute approximate surface area is 125 Å². The van der Waals surface area contributed by atoms with Crippen molar-refractivity contribution in [2.24, 2.45) is 23.5 Å². The van der Waals surface area contributed by atoms with Crippen molar-refractivity contribution in [2.45, 2.75) is 70.9 Å². The van der Waals surface area contributed by atoms with Crippen LogP contribution in [0.4, 0.5) is 13.2 Å². The molecule has 1 heterocycles. The summed E-state index contributed by atoms with van der Waals surface area (Å²) in [5, 5.41) is 0. The summed E-state index contributed by atoms with van der Waals surface area (Å²) in [6, 6.07) is -0.219. The van der Waals surface area contributed by atoms with E-state index in [1.54, 1.807) is 19.9 Å². The Hall–Kier alpha value is -0.550. The number of halogens is 3. The molecule has 2 nitrogen and oxygen atoms in total. The van der Waals surface area contributed by atoms with Crippen LogP contribution in [0.2, 0.25) is 0 Å². The van der Waals surface area contributed by atoms with E-state index in [2.05, 4.69) is 6.58 Å². The van der Waals surface area contributed by atoms with Crippen LogP contribution in [-0.2, 0) is 4.74 Å². The van der Waals surface area contributed by atoms with Gasteiger partial charge in [0.1, 0.15) is 0 Å². The SMILES string of the molecule is C=CCC1OC(CC)C(C(C)C(CC)C(F)(F)F)C[C@H]1N. The fourth-order valence-electron chi connectivity index (χ4n) is 3.59. The molecule has 0 aliphatic carbocycles. The summed E-state index contributed by atoms with van der Waals surface area (Å²) in [4.78, 5) is 0. The van der Waals surface area contributed by atoms with Gasteiger partial charge < -0.3 is 10.5 Å². The quantitative estimate of drug-likeness (QED) is 0.743. The maximum Gasteiger partial charge on any atom is 0.392 e. The number of hydrogen-bond donors (Lipinski definition) is 1. The van der Waals surface area contributed by atoms with Crippen LogP contribution in [-0.4, -0.2) is 24.4 Å². The van der Waals surface area contributed by atoms with Crippen molar-refractivity contribution in [1.29, 1.82) is 0 Å². The van der Waals surface area contributed by atoms with Gasteiger partial charge in [-0.25, -0.2) is 0 Å². The summed E-state index contributed by atoms with van der Waals surface area (Å²) in [5.74, 6) is -1.91. The van der Waals surface area contributed by atoms with Gasteiger partial charge in [0.25, 0.3) is 0 Å². The Kier molecular flexibility index (Phi) is 6.72. The van der Waals surface area contributed by atoms with Crippen molar-refractivity contribution in [2.75, 3.05) is 0 Å². The minimum atomic E-state index is -4.16. The van der Waals surface area contributed by atoms with Gasteiger partial charge >= 0.3 is 6.18 Å². The fourth-order valence-corrected chi connectivity index (χ4v) is 3.59. The molecule has 5 heteroatoms. The molecule has 0 spiro atoms. The van der Waals surface area contributed by atoms with E-state index in [1.165, 1.54) is 0 Å². The van der Waals surface area contributed by atoms with Gasteiger partial charge in [0.15, 0.2) is 0 Å². The number of rotatable bonds is 6. The van der Waals surface area contributed by atoms with Crippen LogP contribution in [0.5, 0.6) is 0 Å².